The van der Waals surface area contributed by atoms with E-state index < -0.39 is 5.54 Å². The molecule has 1 aliphatic carbocycles. The van der Waals surface area contributed by atoms with Gasteiger partial charge in [0.1, 0.15) is 5.54 Å². The largest absolute Gasteiger partial charge is 0.342 e. The maximum Gasteiger partial charge on any atom is 0.248 e. The fourth-order valence-electron chi connectivity index (χ4n) is 3.00. The summed E-state index contributed by atoms with van der Waals surface area (Å²) in [6.45, 7) is 4.17. The third-order valence-electron chi connectivity index (χ3n) is 3.95. The predicted octanol–water partition coefficient (Wildman–Crippen LogP) is 1.40. The lowest BCUT2D eigenvalue weighted by Crippen LogP contribution is -2.56. The third-order valence-corrected chi connectivity index (χ3v) is 5.10. The van der Waals surface area contributed by atoms with Crippen molar-refractivity contribution in [1.82, 2.24) is 10.2 Å². The van der Waals surface area contributed by atoms with Gasteiger partial charge >= 0.3 is 0 Å². The number of hydrogen-bond donors (Lipinski definition) is 1. The number of nitrogens with zero attached hydrogens (tertiary/aromatic N) is 1. The third kappa shape index (κ3) is 2.51. The van der Waals surface area contributed by atoms with Crippen LogP contribution in [-0.4, -0.2) is 46.3 Å². The Morgan fingerprint density at radius 1 is 1.33 bits per heavy atom. The van der Waals surface area contributed by atoms with Crippen molar-refractivity contribution < 1.29 is 9.59 Å². The summed E-state index contributed by atoms with van der Waals surface area (Å²) in [4.78, 5) is 26.2. The highest BCUT2D eigenvalue weighted by Crippen LogP contribution is 2.33. The highest BCUT2D eigenvalue weighted by molar-refractivity contribution is 7.99. The Kier molecular flexibility index (Phi) is 3.90. The lowest BCUT2D eigenvalue weighted by molar-refractivity contribution is -0.139. The Morgan fingerprint density at radius 3 is 2.72 bits per heavy atom. The molecular formula is C13H22N2O2S. The van der Waals surface area contributed by atoms with Gasteiger partial charge in [0.25, 0.3) is 0 Å². The molecule has 1 saturated carbocycles. The maximum atomic E-state index is 12.6. The average Bonchev–Trinajstić information content (AvgIpc) is 2.72. The molecule has 2 rings (SSSR count). The summed E-state index contributed by atoms with van der Waals surface area (Å²) < 4.78 is 0. The smallest absolute Gasteiger partial charge is 0.248 e. The van der Waals surface area contributed by atoms with Crippen LogP contribution >= 0.6 is 11.8 Å². The van der Waals surface area contributed by atoms with Crippen LogP contribution < -0.4 is 5.32 Å². The van der Waals surface area contributed by atoms with Gasteiger partial charge in [-0.25, -0.2) is 0 Å². The van der Waals surface area contributed by atoms with E-state index in [2.05, 4.69) is 11.6 Å². The zero-order valence-electron chi connectivity index (χ0n) is 11.4. The summed E-state index contributed by atoms with van der Waals surface area (Å²) in [6, 6.07) is 0.305. The minimum Gasteiger partial charge on any atom is -0.342 e. The maximum absolute atomic E-state index is 12.6. The number of amides is 2. The van der Waals surface area contributed by atoms with Crippen LogP contribution in [-0.2, 0) is 9.59 Å². The average molecular weight is 270 g/mol. The molecule has 18 heavy (non-hydrogen) atoms. The normalized spacial score (nSPS) is 32.3. The molecule has 0 aromatic rings. The van der Waals surface area contributed by atoms with Crippen LogP contribution in [0.3, 0.4) is 0 Å². The Hall–Kier alpha value is -0.710. The van der Waals surface area contributed by atoms with Crippen LogP contribution in [0.5, 0.6) is 0 Å². The molecule has 2 unspecified atom stereocenters. The topological polar surface area (TPSA) is 49.4 Å². The van der Waals surface area contributed by atoms with Crippen molar-refractivity contribution >= 4 is 23.6 Å². The van der Waals surface area contributed by atoms with Crippen molar-refractivity contribution in [2.24, 2.45) is 0 Å². The number of carbonyl (C=O) groups excluding carboxylic acids is 2. The molecule has 2 amide bonds. The van der Waals surface area contributed by atoms with Crippen LogP contribution in [0.15, 0.2) is 0 Å². The SMILES string of the molecule is CSC1CCCC1N1CCC(=O)NC(C)(C)C1=O. The lowest BCUT2D eigenvalue weighted by atomic mass is 10.0. The fraction of sp³-hybridized carbons (Fsp3) is 0.846. The van der Waals surface area contributed by atoms with Gasteiger partial charge in [0.05, 0.1) is 0 Å². The molecule has 1 saturated heterocycles. The summed E-state index contributed by atoms with van der Waals surface area (Å²) in [5.74, 6) is 0.0499. The minimum absolute atomic E-state index is 0.0189. The molecule has 1 heterocycles. The minimum atomic E-state index is -0.765. The fourth-order valence-corrected chi connectivity index (χ4v) is 4.00. The van der Waals surface area contributed by atoms with E-state index in [-0.39, 0.29) is 11.8 Å². The Balaban J connectivity index is 2.20. The zero-order chi connectivity index (χ0) is 13.3. The second kappa shape index (κ2) is 5.11. The van der Waals surface area contributed by atoms with Crippen LogP contribution in [0.1, 0.15) is 39.5 Å². The molecule has 1 aliphatic heterocycles. The molecule has 5 heteroatoms. The van der Waals surface area contributed by atoms with E-state index in [4.69, 9.17) is 0 Å². The molecule has 102 valence electrons. The monoisotopic (exact) mass is 270 g/mol. The molecule has 2 fully saturated rings. The number of rotatable bonds is 2. The highest BCUT2D eigenvalue weighted by atomic mass is 32.2. The standard InChI is InChI=1S/C13H22N2O2S/c1-13(2)12(17)15(8-7-11(16)14-13)9-5-4-6-10(9)18-3/h9-10H,4-8H2,1-3H3,(H,14,16). The number of carbonyl (C=O) groups is 2. The van der Waals surface area contributed by atoms with Crippen LogP contribution in [0, 0.1) is 0 Å². The zero-order valence-corrected chi connectivity index (χ0v) is 12.2. The molecule has 0 bridgehead atoms. The number of hydrogen-bond acceptors (Lipinski definition) is 3. The van der Waals surface area contributed by atoms with E-state index in [0.717, 1.165) is 6.42 Å². The molecule has 0 spiro atoms. The number of nitrogens with one attached hydrogen (secondary N) is 1. The quantitative estimate of drug-likeness (QED) is 0.825. The first-order chi connectivity index (χ1) is 8.45. The molecule has 2 atom stereocenters. The highest BCUT2D eigenvalue weighted by Gasteiger charge is 2.42. The summed E-state index contributed by atoms with van der Waals surface area (Å²) in [6.07, 6.45) is 5.97. The second-order valence-corrected chi connectivity index (χ2v) is 6.77. The molecule has 4 nitrogen and oxygen atoms in total. The Bertz CT molecular complexity index is 357. The summed E-state index contributed by atoms with van der Waals surface area (Å²) in [5.41, 5.74) is -0.765. The van der Waals surface area contributed by atoms with E-state index in [1.165, 1.54) is 12.8 Å². The van der Waals surface area contributed by atoms with Gasteiger partial charge in [-0.15, -0.1) is 0 Å². The van der Waals surface area contributed by atoms with Gasteiger partial charge in [-0.05, 0) is 32.9 Å². The van der Waals surface area contributed by atoms with E-state index in [1.54, 1.807) is 13.8 Å². The van der Waals surface area contributed by atoms with Crippen molar-refractivity contribution in [3.63, 3.8) is 0 Å². The first-order valence-corrected chi connectivity index (χ1v) is 7.89. The van der Waals surface area contributed by atoms with E-state index >= 15 is 0 Å². The van der Waals surface area contributed by atoms with Crippen molar-refractivity contribution in [1.29, 1.82) is 0 Å². The first kappa shape index (κ1) is 13.7. The van der Waals surface area contributed by atoms with Crippen molar-refractivity contribution in [2.75, 3.05) is 12.8 Å². The van der Waals surface area contributed by atoms with Crippen molar-refractivity contribution in [2.45, 2.75) is 56.4 Å². The van der Waals surface area contributed by atoms with E-state index in [1.807, 2.05) is 16.7 Å². The van der Waals surface area contributed by atoms with E-state index in [9.17, 15) is 9.59 Å². The molecular weight excluding hydrogens is 248 g/mol. The van der Waals surface area contributed by atoms with Gasteiger partial charge in [-0.2, -0.15) is 11.8 Å². The van der Waals surface area contributed by atoms with Gasteiger partial charge in [-0.3, -0.25) is 9.59 Å². The van der Waals surface area contributed by atoms with Crippen LogP contribution in [0.4, 0.5) is 0 Å². The van der Waals surface area contributed by atoms with Crippen LogP contribution in [0.2, 0.25) is 0 Å². The molecule has 0 radical (unpaired) electrons. The van der Waals surface area contributed by atoms with Gasteiger partial charge in [-0.1, -0.05) is 6.42 Å². The molecule has 0 aromatic carbocycles. The van der Waals surface area contributed by atoms with Gasteiger partial charge in [0.2, 0.25) is 11.8 Å². The number of thioether (sulfide) groups is 1. The molecule has 1 N–H and O–H groups in total. The summed E-state index contributed by atoms with van der Waals surface area (Å²) >= 11 is 1.84. The summed E-state index contributed by atoms with van der Waals surface area (Å²) in [5, 5.41) is 3.34. The Morgan fingerprint density at radius 2 is 2.06 bits per heavy atom. The predicted molar refractivity (Wildman–Crippen MR) is 73.5 cm³/mol. The van der Waals surface area contributed by atoms with Gasteiger partial charge in [0.15, 0.2) is 0 Å². The summed E-state index contributed by atoms with van der Waals surface area (Å²) in [7, 11) is 0. The molecule has 2 aliphatic rings. The van der Waals surface area contributed by atoms with E-state index in [0.29, 0.717) is 24.3 Å². The lowest BCUT2D eigenvalue weighted by Gasteiger charge is -2.35. The molecule has 0 aromatic heterocycles. The van der Waals surface area contributed by atoms with Gasteiger partial charge in [0, 0.05) is 24.3 Å². The Labute approximate surface area is 113 Å². The van der Waals surface area contributed by atoms with Crippen molar-refractivity contribution in [3.05, 3.63) is 0 Å². The van der Waals surface area contributed by atoms with Crippen LogP contribution in [0.25, 0.3) is 0 Å². The first-order valence-electron chi connectivity index (χ1n) is 6.60. The second-order valence-electron chi connectivity index (χ2n) is 5.69. The van der Waals surface area contributed by atoms with Crippen molar-refractivity contribution in [3.8, 4) is 0 Å². The van der Waals surface area contributed by atoms with Gasteiger partial charge < -0.3 is 10.2 Å².